The van der Waals surface area contributed by atoms with Gasteiger partial charge in [0.15, 0.2) is 6.29 Å². The van der Waals surface area contributed by atoms with E-state index >= 15 is 0 Å². The Morgan fingerprint density at radius 2 is 1.81 bits per heavy atom. The number of benzene rings is 1. The van der Waals surface area contributed by atoms with Crippen LogP contribution in [0.25, 0.3) is 6.08 Å². The van der Waals surface area contributed by atoms with Crippen LogP contribution >= 0.6 is 0 Å². The van der Waals surface area contributed by atoms with Crippen molar-refractivity contribution in [3.8, 4) is 5.75 Å². The first kappa shape index (κ1) is 27.5. The second-order valence-electron chi connectivity index (χ2n) is 9.57. The van der Waals surface area contributed by atoms with Gasteiger partial charge in [0.05, 0.1) is 32.0 Å². The zero-order chi connectivity index (χ0) is 27.0. The molecule has 1 aliphatic carbocycles. The van der Waals surface area contributed by atoms with E-state index in [0.29, 0.717) is 11.3 Å². The highest BCUT2D eigenvalue weighted by Gasteiger charge is 2.66. The molecule has 0 radical (unpaired) electrons. The van der Waals surface area contributed by atoms with Crippen LogP contribution in [0.2, 0.25) is 0 Å². The van der Waals surface area contributed by atoms with Crippen LogP contribution in [0.1, 0.15) is 18.9 Å². The zero-order valence-electron chi connectivity index (χ0n) is 20.3. The lowest BCUT2D eigenvalue weighted by Crippen LogP contribution is -2.62. The van der Waals surface area contributed by atoms with Crippen LogP contribution in [0.4, 0.5) is 0 Å². The minimum absolute atomic E-state index is 0.168. The maximum absolute atomic E-state index is 12.7. The molecule has 1 saturated heterocycles. The lowest BCUT2D eigenvalue weighted by molar-refractivity contribution is -0.351. The van der Waals surface area contributed by atoms with Crippen molar-refractivity contribution in [1.29, 1.82) is 0 Å². The van der Waals surface area contributed by atoms with Gasteiger partial charge in [0.2, 0.25) is 6.29 Å². The summed E-state index contributed by atoms with van der Waals surface area (Å²) < 4.78 is 27.4. The van der Waals surface area contributed by atoms with Crippen LogP contribution in [0, 0.1) is 5.92 Å². The van der Waals surface area contributed by atoms with Gasteiger partial charge in [0.25, 0.3) is 0 Å². The topological polar surface area (TPSA) is 185 Å². The Balaban J connectivity index is 1.53. The largest absolute Gasteiger partial charge is 0.497 e. The lowest BCUT2D eigenvalue weighted by Gasteiger charge is -2.45. The van der Waals surface area contributed by atoms with Gasteiger partial charge in [-0.25, -0.2) is 4.79 Å². The average Bonchev–Trinajstić information content (AvgIpc) is 3.08. The molecule has 6 N–H and O–H groups in total. The van der Waals surface area contributed by atoms with Crippen molar-refractivity contribution in [3.63, 3.8) is 0 Å². The van der Waals surface area contributed by atoms with Crippen molar-refractivity contribution in [2.75, 3.05) is 13.7 Å². The molecule has 2 aliphatic heterocycles. The summed E-state index contributed by atoms with van der Waals surface area (Å²) in [6.07, 6.45) is -5.73. The Morgan fingerprint density at radius 3 is 2.46 bits per heavy atom. The van der Waals surface area contributed by atoms with E-state index in [1.165, 1.54) is 25.2 Å². The van der Waals surface area contributed by atoms with Crippen molar-refractivity contribution in [1.82, 2.24) is 0 Å². The van der Waals surface area contributed by atoms with Crippen LogP contribution in [-0.4, -0.2) is 105 Å². The Morgan fingerprint density at radius 1 is 1.11 bits per heavy atom. The summed E-state index contributed by atoms with van der Waals surface area (Å²) in [4.78, 5) is 12.7. The van der Waals surface area contributed by atoms with Crippen molar-refractivity contribution < 1.29 is 59.1 Å². The normalized spacial score (nSPS) is 41.3. The van der Waals surface area contributed by atoms with Gasteiger partial charge in [-0.05, 0) is 36.8 Å². The van der Waals surface area contributed by atoms with Gasteiger partial charge in [-0.2, -0.15) is 0 Å². The molecule has 204 valence electrons. The first-order chi connectivity index (χ1) is 17.5. The predicted octanol–water partition coefficient (Wildman–Crippen LogP) is -1.19. The molecule has 0 bridgehead atoms. The summed E-state index contributed by atoms with van der Waals surface area (Å²) in [5.41, 5.74) is -2.72. The van der Waals surface area contributed by atoms with Crippen LogP contribution < -0.4 is 4.74 Å². The molecule has 12 nitrogen and oxygen atoms in total. The molecule has 0 aromatic heterocycles. The van der Waals surface area contributed by atoms with Crippen LogP contribution in [0.5, 0.6) is 5.75 Å². The quantitative estimate of drug-likeness (QED) is 0.185. The molecule has 2 fully saturated rings. The molecule has 4 rings (SSSR count). The Kier molecular flexibility index (Phi) is 7.93. The molecule has 0 amide bonds. The van der Waals surface area contributed by atoms with E-state index in [2.05, 4.69) is 0 Å². The summed E-state index contributed by atoms with van der Waals surface area (Å²) in [6.45, 7) is 0.836. The molecule has 12 heteroatoms. The highest BCUT2D eigenvalue weighted by molar-refractivity contribution is 5.87. The predicted molar refractivity (Wildman–Crippen MR) is 124 cm³/mol. The third kappa shape index (κ3) is 5.24. The number of carbonyl (C=O) groups excluding carboxylic acids is 1. The van der Waals surface area contributed by atoms with Gasteiger partial charge in [0.1, 0.15) is 41.4 Å². The highest BCUT2D eigenvalue weighted by atomic mass is 16.8. The number of carbonyl (C=O) groups is 1. The van der Waals surface area contributed by atoms with Crippen LogP contribution in [0.15, 0.2) is 42.7 Å². The Bertz CT molecular complexity index is 1010. The summed E-state index contributed by atoms with van der Waals surface area (Å²) in [5.74, 6) is -1.29. The summed E-state index contributed by atoms with van der Waals surface area (Å²) in [7, 11) is 1.54. The van der Waals surface area contributed by atoms with Crippen LogP contribution in [-0.2, 0) is 23.7 Å². The summed E-state index contributed by atoms with van der Waals surface area (Å²) in [6, 6.07) is 6.94. The third-order valence-corrected chi connectivity index (χ3v) is 7.09. The maximum Gasteiger partial charge on any atom is 0.331 e. The molecule has 2 heterocycles. The number of hydrogen-bond acceptors (Lipinski definition) is 12. The molecule has 10 atom stereocenters. The molecular formula is C25H32O12. The molecule has 1 saturated carbocycles. The van der Waals surface area contributed by atoms with Crippen molar-refractivity contribution in [2.45, 2.75) is 67.6 Å². The fourth-order valence-corrected chi connectivity index (χ4v) is 5.07. The van der Waals surface area contributed by atoms with Gasteiger partial charge in [-0.15, -0.1) is 0 Å². The fourth-order valence-electron chi connectivity index (χ4n) is 5.07. The number of hydrogen-bond donors (Lipinski definition) is 6. The minimum atomic E-state index is -1.92. The fraction of sp³-hybridized carbons (Fsp3) is 0.560. The van der Waals surface area contributed by atoms with Crippen molar-refractivity contribution in [3.05, 3.63) is 48.2 Å². The smallest absolute Gasteiger partial charge is 0.331 e. The molecule has 3 aliphatic rings. The first-order valence-electron chi connectivity index (χ1n) is 11.8. The molecular weight excluding hydrogens is 492 g/mol. The molecule has 1 aromatic rings. The van der Waals surface area contributed by atoms with Gasteiger partial charge in [0, 0.05) is 12.5 Å². The highest BCUT2D eigenvalue weighted by Crippen LogP contribution is 2.51. The third-order valence-electron chi connectivity index (χ3n) is 7.09. The van der Waals surface area contributed by atoms with E-state index in [1.54, 1.807) is 31.4 Å². The van der Waals surface area contributed by atoms with E-state index < -0.39 is 72.8 Å². The van der Waals surface area contributed by atoms with E-state index in [4.69, 9.17) is 23.7 Å². The number of fused-ring (bicyclic) bond motifs is 1. The van der Waals surface area contributed by atoms with Gasteiger partial charge in [-0.1, -0.05) is 12.1 Å². The Hall–Kier alpha value is -2.55. The first-order valence-corrected chi connectivity index (χ1v) is 11.8. The zero-order valence-corrected chi connectivity index (χ0v) is 20.3. The van der Waals surface area contributed by atoms with E-state index in [1.807, 2.05) is 0 Å². The van der Waals surface area contributed by atoms with E-state index in [9.17, 15) is 35.4 Å². The van der Waals surface area contributed by atoms with Crippen molar-refractivity contribution >= 4 is 12.0 Å². The monoisotopic (exact) mass is 524 g/mol. The molecule has 0 spiro atoms. The second kappa shape index (κ2) is 10.7. The standard InChI is InChI=1S/C25H32O12/c1-24(37-17(28)8-5-13-3-6-14(33-2)7-4-13)11-16(27)25(32)9-10-34-23(21(24)25)36-22-20(31)19(30)18(29)15(12-26)35-22/h3-10,15-16,18-23,26-27,29-32H,11-12H2,1-2H3/b8-5+/t15-,16-,18-,19+,20-,21-,22+,23+,24+,25+/m1/s1. The van der Waals surface area contributed by atoms with Gasteiger partial charge in [-0.3, -0.25) is 0 Å². The Labute approximate surface area is 212 Å². The van der Waals surface area contributed by atoms with Gasteiger partial charge >= 0.3 is 5.97 Å². The average molecular weight is 525 g/mol. The molecule has 37 heavy (non-hydrogen) atoms. The maximum atomic E-state index is 12.7. The number of aliphatic hydroxyl groups is 6. The number of methoxy groups -OCH3 is 1. The summed E-state index contributed by atoms with van der Waals surface area (Å²) in [5, 5.41) is 61.9. The second-order valence-corrected chi connectivity index (χ2v) is 9.57. The van der Waals surface area contributed by atoms with Crippen LogP contribution in [0.3, 0.4) is 0 Å². The van der Waals surface area contributed by atoms with Gasteiger partial charge < -0.3 is 54.3 Å². The molecule has 0 unspecified atom stereocenters. The van der Waals surface area contributed by atoms with Crippen molar-refractivity contribution in [2.24, 2.45) is 5.92 Å². The molecule has 1 aromatic carbocycles. The number of esters is 1. The number of ether oxygens (including phenoxy) is 5. The SMILES string of the molecule is COc1ccc(/C=C/C(=O)O[C@@]2(C)C[C@@H](O)[C@@]3(O)C=CO[C@@H](O[C@@H]4O[C@H](CO)[C@@H](O)[C@H](O)[C@H]4O)[C@@H]32)cc1. The van der Waals surface area contributed by atoms with E-state index in [0.717, 1.165) is 6.26 Å². The number of rotatable bonds is 7. The minimum Gasteiger partial charge on any atom is -0.497 e. The summed E-state index contributed by atoms with van der Waals surface area (Å²) >= 11 is 0. The van der Waals surface area contributed by atoms with E-state index in [-0.39, 0.29) is 6.42 Å². The lowest BCUT2D eigenvalue weighted by atomic mass is 9.81. The number of aliphatic hydroxyl groups excluding tert-OH is 5.